The zero-order chi connectivity index (χ0) is 15.7. The van der Waals surface area contributed by atoms with Gasteiger partial charge in [0.05, 0.1) is 13.2 Å². The van der Waals surface area contributed by atoms with Crippen LogP contribution >= 0.6 is 0 Å². The highest BCUT2D eigenvalue weighted by molar-refractivity contribution is 5.34. The first-order valence-corrected chi connectivity index (χ1v) is 8.46. The fourth-order valence-corrected chi connectivity index (χ4v) is 2.72. The van der Waals surface area contributed by atoms with Gasteiger partial charge in [0.1, 0.15) is 11.5 Å². The molecule has 2 aromatic carbocycles. The number of fused-ring (bicyclic) bond motifs is 1. The molecule has 1 aliphatic rings. The van der Waals surface area contributed by atoms with E-state index in [2.05, 4.69) is 12.1 Å². The number of hydrogen-bond donors (Lipinski definition) is 0. The maximum absolute atomic E-state index is 5.87. The lowest BCUT2D eigenvalue weighted by Crippen LogP contribution is -2.26. The van der Waals surface area contributed by atoms with Crippen LogP contribution in [0.1, 0.15) is 31.2 Å². The summed E-state index contributed by atoms with van der Waals surface area (Å²) in [5.41, 5.74) is 1.28. The second kappa shape index (κ2) is 8.59. The van der Waals surface area contributed by atoms with Crippen LogP contribution in [0.5, 0.6) is 11.5 Å². The first-order valence-electron chi connectivity index (χ1n) is 8.46. The van der Waals surface area contributed by atoms with Crippen molar-refractivity contribution < 1.29 is 14.2 Å². The minimum Gasteiger partial charge on any atom is -0.494 e. The number of aryl methyl sites for hydroxylation is 1. The van der Waals surface area contributed by atoms with Crippen LogP contribution in [0.25, 0.3) is 0 Å². The van der Waals surface area contributed by atoms with Gasteiger partial charge in [0.2, 0.25) is 0 Å². The quantitative estimate of drug-likeness (QED) is 0.667. The number of unbranched alkanes of at least 4 members (excludes halogenated alkanes) is 2. The van der Waals surface area contributed by atoms with E-state index in [0.717, 1.165) is 56.8 Å². The molecule has 0 radical (unpaired) electrons. The van der Waals surface area contributed by atoms with Crippen LogP contribution in [0.3, 0.4) is 0 Å². The summed E-state index contributed by atoms with van der Waals surface area (Å²) in [5.74, 6) is 1.91. The van der Waals surface area contributed by atoms with Gasteiger partial charge in [-0.2, -0.15) is 0 Å². The predicted octanol–water partition coefficient (Wildman–Crippen LogP) is 4.60. The summed E-state index contributed by atoms with van der Waals surface area (Å²) in [6.07, 6.45) is 5.08. The number of rotatable bonds is 8. The van der Waals surface area contributed by atoms with Crippen LogP contribution < -0.4 is 9.47 Å². The van der Waals surface area contributed by atoms with Gasteiger partial charge in [-0.3, -0.25) is 0 Å². The Hall–Kier alpha value is -2.00. The average molecular weight is 312 g/mol. The van der Waals surface area contributed by atoms with E-state index >= 15 is 0 Å². The Labute approximate surface area is 138 Å². The zero-order valence-corrected chi connectivity index (χ0v) is 13.4. The lowest BCUT2D eigenvalue weighted by molar-refractivity contribution is -0.0917. The van der Waals surface area contributed by atoms with E-state index in [4.69, 9.17) is 14.2 Å². The van der Waals surface area contributed by atoms with Crippen molar-refractivity contribution in [1.82, 2.24) is 0 Å². The minimum atomic E-state index is -0.0922. The van der Waals surface area contributed by atoms with Crippen molar-refractivity contribution in [2.24, 2.45) is 0 Å². The molecule has 0 saturated carbocycles. The molecule has 23 heavy (non-hydrogen) atoms. The van der Waals surface area contributed by atoms with Crippen LogP contribution in [-0.2, 0) is 11.2 Å². The van der Waals surface area contributed by atoms with Crippen LogP contribution in [-0.4, -0.2) is 19.5 Å². The van der Waals surface area contributed by atoms with Gasteiger partial charge in [-0.05, 0) is 49.4 Å². The third-order valence-corrected chi connectivity index (χ3v) is 3.98. The van der Waals surface area contributed by atoms with Gasteiger partial charge < -0.3 is 14.2 Å². The Morgan fingerprint density at radius 1 is 0.870 bits per heavy atom. The molecule has 2 aromatic rings. The predicted molar refractivity (Wildman–Crippen MR) is 90.9 cm³/mol. The maximum Gasteiger partial charge on any atom is 0.200 e. The molecule has 0 N–H and O–H groups in total. The third-order valence-electron chi connectivity index (χ3n) is 3.98. The second-order valence-electron chi connectivity index (χ2n) is 5.79. The fourth-order valence-electron chi connectivity index (χ4n) is 2.72. The highest BCUT2D eigenvalue weighted by Gasteiger charge is 2.19. The Kier molecular flexibility index (Phi) is 5.93. The molecule has 0 aromatic heterocycles. The molecule has 3 rings (SSSR count). The molecule has 122 valence electrons. The van der Waals surface area contributed by atoms with Crippen molar-refractivity contribution >= 4 is 0 Å². The molecule has 0 spiro atoms. The van der Waals surface area contributed by atoms with Crippen molar-refractivity contribution in [1.29, 1.82) is 0 Å². The largest absolute Gasteiger partial charge is 0.494 e. The molecule has 0 fully saturated rings. The minimum absolute atomic E-state index is 0.0922. The van der Waals surface area contributed by atoms with E-state index in [1.54, 1.807) is 0 Å². The highest BCUT2D eigenvalue weighted by Crippen LogP contribution is 2.27. The number of para-hydroxylation sites is 2. The first-order chi connectivity index (χ1) is 11.4. The molecule has 0 amide bonds. The van der Waals surface area contributed by atoms with Gasteiger partial charge in [0.25, 0.3) is 0 Å². The smallest absolute Gasteiger partial charge is 0.200 e. The lowest BCUT2D eigenvalue weighted by atomic mass is 10.1. The summed E-state index contributed by atoms with van der Waals surface area (Å²) in [7, 11) is 0. The van der Waals surface area contributed by atoms with Gasteiger partial charge in [-0.15, -0.1) is 0 Å². The number of ether oxygens (including phenoxy) is 3. The highest BCUT2D eigenvalue weighted by atomic mass is 16.7. The molecule has 3 nitrogen and oxygen atoms in total. The fraction of sp³-hybridized carbons (Fsp3) is 0.400. The molecular formula is C20H24O3. The van der Waals surface area contributed by atoms with E-state index in [0.29, 0.717) is 0 Å². The normalized spacial score (nSPS) is 16.4. The van der Waals surface area contributed by atoms with E-state index in [9.17, 15) is 0 Å². The molecule has 1 aliphatic heterocycles. The van der Waals surface area contributed by atoms with Gasteiger partial charge in [-0.1, -0.05) is 36.4 Å². The second-order valence-corrected chi connectivity index (χ2v) is 5.79. The summed E-state index contributed by atoms with van der Waals surface area (Å²) >= 11 is 0. The molecule has 0 aliphatic carbocycles. The third kappa shape index (κ3) is 5.00. The topological polar surface area (TPSA) is 27.7 Å². The van der Waals surface area contributed by atoms with Crippen molar-refractivity contribution in [3.63, 3.8) is 0 Å². The van der Waals surface area contributed by atoms with Crippen molar-refractivity contribution in [3.8, 4) is 11.5 Å². The summed E-state index contributed by atoms with van der Waals surface area (Å²) < 4.78 is 17.4. The van der Waals surface area contributed by atoms with E-state index in [1.807, 2.05) is 42.5 Å². The van der Waals surface area contributed by atoms with Gasteiger partial charge >= 0.3 is 0 Å². The maximum atomic E-state index is 5.87. The lowest BCUT2D eigenvalue weighted by Gasteiger charge is -2.25. The summed E-state index contributed by atoms with van der Waals surface area (Å²) in [4.78, 5) is 0. The molecular weight excluding hydrogens is 288 g/mol. The number of benzene rings is 2. The molecule has 0 saturated heterocycles. The summed E-state index contributed by atoms with van der Waals surface area (Å²) in [6, 6.07) is 18.2. The standard InChI is InChI=1S/C20H24O3/c1-3-10-18(11-4-1)21-15-7-2-8-16-22-20-14-13-17-9-5-6-12-19(17)23-20/h1,3-6,9-12,20H,2,7-8,13-16H2. The van der Waals surface area contributed by atoms with Crippen molar-refractivity contribution in [2.45, 2.75) is 38.4 Å². The monoisotopic (exact) mass is 312 g/mol. The molecule has 1 heterocycles. The Bertz CT molecular complexity index is 582. The van der Waals surface area contributed by atoms with E-state index < -0.39 is 0 Å². The molecule has 1 atom stereocenters. The van der Waals surface area contributed by atoms with E-state index in [-0.39, 0.29) is 6.29 Å². The number of hydrogen-bond acceptors (Lipinski definition) is 3. The van der Waals surface area contributed by atoms with Crippen molar-refractivity contribution in [3.05, 3.63) is 60.2 Å². The first kappa shape index (κ1) is 15.9. The molecule has 3 heteroatoms. The van der Waals surface area contributed by atoms with Crippen LogP contribution in [0.2, 0.25) is 0 Å². The zero-order valence-electron chi connectivity index (χ0n) is 13.4. The van der Waals surface area contributed by atoms with Gasteiger partial charge in [-0.25, -0.2) is 0 Å². The Morgan fingerprint density at radius 2 is 1.65 bits per heavy atom. The summed E-state index contributed by atoms with van der Waals surface area (Å²) in [6.45, 7) is 1.51. The summed E-state index contributed by atoms with van der Waals surface area (Å²) in [5, 5.41) is 0. The van der Waals surface area contributed by atoms with Gasteiger partial charge in [0, 0.05) is 6.42 Å². The van der Waals surface area contributed by atoms with E-state index in [1.165, 1.54) is 5.56 Å². The Balaban J connectivity index is 1.25. The van der Waals surface area contributed by atoms with Crippen molar-refractivity contribution in [2.75, 3.05) is 13.2 Å². The van der Waals surface area contributed by atoms with Gasteiger partial charge in [0.15, 0.2) is 6.29 Å². The molecule has 0 bridgehead atoms. The average Bonchev–Trinajstić information content (AvgIpc) is 2.61. The molecule has 1 unspecified atom stereocenters. The SMILES string of the molecule is c1ccc(OCCCCCOC2CCc3ccccc3O2)cc1. The Morgan fingerprint density at radius 3 is 2.57 bits per heavy atom. The van der Waals surface area contributed by atoms with Crippen LogP contribution in [0, 0.1) is 0 Å². The van der Waals surface area contributed by atoms with Crippen LogP contribution in [0.4, 0.5) is 0 Å². The van der Waals surface area contributed by atoms with Crippen LogP contribution in [0.15, 0.2) is 54.6 Å².